The summed E-state index contributed by atoms with van der Waals surface area (Å²) in [4.78, 5) is 0. The van der Waals surface area contributed by atoms with E-state index in [1.807, 2.05) is 0 Å². The zero-order valence-corrected chi connectivity index (χ0v) is 6.87. The maximum atomic E-state index is 12.5. The van der Waals surface area contributed by atoms with Crippen LogP contribution in [0.25, 0.3) is 0 Å². The van der Waals surface area contributed by atoms with E-state index >= 15 is 0 Å². The fraction of sp³-hybridized carbons (Fsp3) is 1.00. The van der Waals surface area contributed by atoms with Crippen LogP contribution in [0.3, 0.4) is 0 Å². The Bertz CT molecular complexity index is 298. The maximum Gasteiger partial charge on any atom is 0.302 e. The lowest BCUT2D eigenvalue weighted by molar-refractivity contribution is -0.118. The number of hydrogen-bond donors (Lipinski definition) is 0. The highest BCUT2D eigenvalue weighted by atomic mass is 32.2. The molecule has 0 aromatic carbocycles. The Kier molecular flexibility index (Phi) is 2.29. The summed E-state index contributed by atoms with van der Waals surface area (Å²) in [6.07, 6.45) is -3.54. The molecular weight excluding hydrogens is 219 g/mol. The van der Waals surface area contributed by atoms with Gasteiger partial charge in [-0.3, -0.25) is 0 Å². The first-order valence-electron chi connectivity index (χ1n) is 3.21. The Morgan fingerprint density at radius 3 is 1.92 bits per heavy atom. The van der Waals surface area contributed by atoms with E-state index in [4.69, 9.17) is 0 Å². The van der Waals surface area contributed by atoms with Crippen molar-refractivity contribution in [1.29, 1.82) is 0 Å². The van der Waals surface area contributed by atoms with Gasteiger partial charge in [0.05, 0.1) is 5.75 Å². The van der Waals surface area contributed by atoms with Crippen molar-refractivity contribution in [2.45, 2.75) is 17.9 Å². The molecule has 2 atom stereocenters. The van der Waals surface area contributed by atoms with Gasteiger partial charge in [-0.15, -0.1) is 0 Å². The van der Waals surface area contributed by atoms with Gasteiger partial charge in [-0.2, -0.15) is 0 Å². The van der Waals surface area contributed by atoms with Gasteiger partial charge in [-0.25, -0.2) is 30.4 Å². The normalized spacial score (nSPS) is 36.8. The Labute approximate surface area is 70.6 Å². The van der Waals surface area contributed by atoms with Gasteiger partial charge in [0.25, 0.3) is 5.50 Å². The van der Waals surface area contributed by atoms with Crippen molar-refractivity contribution in [2.24, 2.45) is 5.92 Å². The van der Waals surface area contributed by atoms with E-state index in [2.05, 4.69) is 0 Å². The van der Waals surface area contributed by atoms with Crippen molar-refractivity contribution in [1.82, 2.24) is 0 Å². The molecule has 1 saturated heterocycles. The van der Waals surface area contributed by atoms with Gasteiger partial charge in [0.1, 0.15) is 5.92 Å². The highest BCUT2D eigenvalue weighted by Gasteiger charge is 2.64. The number of halogens is 5. The molecule has 0 spiro atoms. The van der Waals surface area contributed by atoms with E-state index in [0.29, 0.717) is 0 Å². The minimum atomic E-state index is -4.72. The fourth-order valence-corrected chi connectivity index (χ4v) is 2.79. The quantitative estimate of drug-likeness (QED) is 0.628. The minimum Gasteiger partial charge on any atom is -0.226 e. The SMILES string of the molecule is O=S1(=O)CC(C(F)F)C(F)(F)C1F. The number of hydrogen-bond acceptors (Lipinski definition) is 2. The third kappa shape index (κ3) is 1.51. The second-order valence-corrected chi connectivity index (χ2v) is 4.83. The zero-order valence-electron chi connectivity index (χ0n) is 6.05. The van der Waals surface area contributed by atoms with Crippen LogP contribution in [0.4, 0.5) is 22.0 Å². The van der Waals surface area contributed by atoms with Crippen LogP contribution in [-0.4, -0.2) is 32.0 Å². The van der Waals surface area contributed by atoms with Crippen LogP contribution in [-0.2, 0) is 9.84 Å². The van der Waals surface area contributed by atoms with Crippen LogP contribution in [0.15, 0.2) is 0 Å². The Morgan fingerprint density at radius 1 is 1.31 bits per heavy atom. The summed E-state index contributed by atoms with van der Waals surface area (Å²) < 4.78 is 82.1. The highest BCUT2D eigenvalue weighted by Crippen LogP contribution is 2.44. The smallest absolute Gasteiger partial charge is 0.226 e. The van der Waals surface area contributed by atoms with Gasteiger partial charge in [0.15, 0.2) is 9.84 Å². The first kappa shape index (κ1) is 10.7. The lowest BCUT2D eigenvalue weighted by Crippen LogP contribution is -2.36. The zero-order chi connectivity index (χ0) is 10.4. The maximum absolute atomic E-state index is 12.5. The van der Waals surface area contributed by atoms with Gasteiger partial charge in [-0.1, -0.05) is 0 Å². The summed E-state index contributed by atoms with van der Waals surface area (Å²) in [6.45, 7) is 0. The average molecular weight is 224 g/mol. The number of rotatable bonds is 1. The van der Waals surface area contributed by atoms with Crippen LogP contribution in [0.1, 0.15) is 0 Å². The molecule has 0 bridgehead atoms. The molecule has 0 aromatic rings. The summed E-state index contributed by atoms with van der Waals surface area (Å²) in [6, 6.07) is 0. The molecule has 0 radical (unpaired) electrons. The third-order valence-electron chi connectivity index (χ3n) is 1.83. The lowest BCUT2D eigenvalue weighted by Gasteiger charge is -2.16. The fourth-order valence-electron chi connectivity index (χ4n) is 1.09. The van der Waals surface area contributed by atoms with Crippen molar-refractivity contribution >= 4 is 9.84 Å². The van der Waals surface area contributed by atoms with E-state index in [9.17, 15) is 30.4 Å². The van der Waals surface area contributed by atoms with Crippen molar-refractivity contribution in [2.75, 3.05) is 5.75 Å². The molecule has 0 amide bonds. The first-order chi connectivity index (χ1) is 5.69. The second kappa shape index (κ2) is 2.79. The van der Waals surface area contributed by atoms with E-state index in [1.165, 1.54) is 0 Å². The van der Waals surface area contributed by atoms with Gasteiger partial charge in [0.2, 0.25) is 6.43 Å². The predicted molar refractivity (Wildman–Crippen MR) is 33.1 cm³/mol. The van der Waals surface area contributed by atoms with E-state index < -0.39 is 39.4 Å². The van der Waals surface area contributed by atoms with Gasteiger partial charge >= 0.3 is 5.92 Å². The molecule has 8 heteroatoms. The molecule has 1 aliphatic rings. The van der Waals surface area contributed by atoms with E-state index in [0.717, 1.165) is 0 Å². The molecule has 2 unspecified atom stereocenters. The van der Waals surface area contributed by atoms with Crippen molar-refractivity contribution in [3.05, 3.63) is 0 Å². The molecule has 13 heavy (non-hydrogen) atoms. The standard InChI is InChI=1S/C5H5F5O2S/c6-3(7)2-1-13(11,12)4(8)5(2,9)10/h2-4H,1H2. The largest absolute Gasteiger partial charge is 0.302 e. The van der Waals surface area contributed by atoms with E-state index in [-0.39, 0.29) is 0 Å². The molecule has 0 aromatic heterocycles. The average Bonchev–Trinajstić information content (AvgIpc) is 2.11. The van der Waals surface area contributed by atoms with Crippen LogP contribution < -0.4 is 0 Å². The summed E-state index contributed by atoms with van der Waals surface area (Å²) >= 11 is 0. The monoisotopic (exact) mass is 224 g/mol. The Morgan fingerprint density at radius 2 is 1.77 bits per heavy atom. The molecule has 1 heterocycles. The van der Waals surface area contributed by atoms with Crippen molar-refractivity contribution in [3.8, 4) is 0 Å². The predicted octanol–water partition coefficient (Wildman–Crippen LogP) is 1.23. The van der Waals surface area contributed by atoms with Gasteiger partial charge in [-0.05, 0) is 0 Å². The van der Waals surface area contributed by atoms with Crippen molar-refractivity contribution in [3.63, 3.8) is 0 Å². The lowest BCUT2D eigenvalue weighted by atomic mass is 10.1. The molecule has 0 N–H and O–H groups in total. The molecule has 0 aliphatic carbocycles. The molecule has 0 saturated carbocycles. The van der Waals surface area contributed by atoms with Crippen LogP contribution in [0.5, 0.6) is 0 Å². The molecule has 1 fully saturated rings. The van der Waals surface area contributed by atoms with Crippen LogP contribution in [0, 0.1) is 5.92 Å². The van der Waals surface area contributed by atoms with Crippen LogP contribution in [0.2, 0.25) is 0 Å². The third-order valence-corrected chi connectivity index (χ3v) is 3.60. The molecule has 1 aliphatic heterocycles. The number of sulfone groups is 1. The Hall–Kier alpha value is -0.400. The topological polar surface area (TPSA) is 34.1 Å². The molecule has 1 rings (SSSR count). The highest BCUT2D eigenvalue weighted by molar-refractivity contribution is 7.92. The molecular formula is C5H5F5O2S. The summed E-state index contributed by atoms with van der Waals surface area (Å²) in [5, 5.41) is 0. The second-order valence-electron chi connectivity index (χ2n) is 2.76. The first-order valence-corrected chi connectivity index (χ1v) is 4.92. The summed E-state index contributed by atoms with van der Waals surface area (Å²) in [7, 11) is -4.72. The van der Waals surface area contributed by atoms with Gasteiger partial charge in [0, 0.05) is 0 Å². The van der Waals surface area contributed by atoms with Crippen LogP contribution >= 0.6 is 0 Å². The summed E-state index contributed by atoms with van der Waals surface area (Å²) in [5.41, 5.74) is -3.50. The summed E-state index contributed by atoms with van der Waals surface area (Å²) in [5.74, 6) is -8.71. The van der Waals surface area contributed by atoms with E-state index in [1.54, 1.807) is 0 Å². The number of alkyl halides is 5. The van der Waals surface area contributed by atoms with Gasteiger partial charge < -0.3 is 0 Å². The minimum absolute atomic E-state index is 1.50. The molecule has 78 valence electrons. The van der Waals surface area contributed by atoms with Crippen molar-refractivity contribution < 1.29 is 30.4 Å². The Balaban J connectivity index is 3.08. The molecule has 2 nitrogen and oxygen atoms in total.